The molecule has 0 aromatic heterocycles. The second kappa shape index (κ2) is 7.25. The van der Waals surface area contributed by atoms with E-state index in [0.29, 0.717) is 19.5 Å². The Labute approximate surface area is 137 Å². The first-order valence-corrected chi connectivity index (χ1v) is 8.03. The molecular weight excluding hydrogens is 284 g/mol. The highest BCUT2D eigenvalue weighted by Gasteiger charge is 2.27. The lowest BCUT2D eigenvalue weighted by molar-refractivity contribution is -0.135. The number of carbonyl (C=O) groups excluding carboxylic acids is 1. The molecule has 118 valence electrons. The summed E-state index contributed by atoms with van der Waals surface area (Å²) in [7, 11) is 0. The van der Waals surface area contributed by atoms with Crippen molar-refractivity contribution in [2.45, 2.75) is 25.6 Å². The van der Waals surface area contributed by atoms with Gasteiger partial charge in [0.1, 0.15) is 0 Å². The number of hydrogen-bond donors (Lipinski definition) is 1. The Morgan fingerprint density at radius 2 is 1.43 bits per heavy atom. The minimum atomic E-state index is -0.0996. The van der Waals surface area contributed by atoms with Crippen LogP contribution >= 0.6 is 0 Å². The topological polar surface area (TPSA) is 46.3 Å². The normalized spacial score (nSPS) is 19.7. The van der Waals surface area contributed by atoms with Gasteiger partial charge in [-0.15, -0.1) is 0 Å². The van der Waals surface area contributed by atoms with Crippen molar-refractivity contribution in [1.82, 2.24) is 4.90 Å². The summed E-state index contributed by atoms with van der Waals surface area (Å²) in [5.41, 5.74) is 8.19. The maximum atomic E-state index is 12.9. The molecule has 2 N–H and O–H groups in total. The average Bonchev–Trinajstić information content (AvgIpc) is 3.02. The van der Waals surface area contributed by atoms with E-state index in [-0.39, 0.29) is 17.9 Å². The largest absolute Gasteiger partial charge is 0.334 e. The molecule has 0 saturated carbocycles. The Hall–Kier alpha value is -2.39. The van der Waals surface area contributed by atoms with E-state index in [1.165, 1.54) is 0 Å². The number of carbonyl (C=O) groups is 1. The molecule has 0 radical (unpaired) electrons. The van der Waals surface area contributed by atoms with Gasteiger partial charge in [0.25, 0.3) is 0 Å². The first kappa shape index (κ1) is 15.5. The van der Waals surface area contributed by atoms with Gasteiger partial charge in [-0.2, -0.15) is 0 Å². The van der Waals surface area contributed by atoms with E-state index >= 15 is 0 Å². The van der Waals surface area contributed by atoms with Crippen LogP contribution in [0.25, 0.3) is 0 Å². The Morgan fingerprint density at radius 3 is 1.87 bits per heavy atom. The standard InChI is InChI=1S/C20H22N2O/c21-19-12-11-18(13-19)20(23)22(14-16-7-3-1-4-8-16)15-17-9-5-2-6-10-17/h1-12,18-19H,13-15,21H2. The van der Waals surface area contributed by atoms with E-state index in [1.807, 2.05) is 53.5 Å². The summed E-state index contributed by atoms with van der Waals surface area (Å²) in [6.07, 6.45) is 4.60. The summed E-state index contributed by atoms with van der Waals surface area (Å²) >= 11 is 0. The Balaban J connectivity index is 1.78. The molecule has 3 nitrogen and oxygen atoms in total. The molecule has 1 amide bonds. The lowest BCUT2D eigenvalue weighted by atomic mass is 10.0. The molecule has 2 aromatic carbocycles. The van der Waals surface area contributed by atoms with Gasteiger partial charge in [0, 0.05) is 19.1 Å². The predicted molar refractivity (Wildman–Crippen MR) is 92.4 cm³/mol. The van der Waals surface area contributed by atoms with Crippen LogP contribution in [0.3, 0.4) is 0 Å². The minimum absolute atomic E-state index is 0.000694. The lowest BCUT2D eigenvalue weighted by Gasteiger charge is -2.26. The van der Waals surface area contributed by atoms with Crippen molar-refractivity contribution in [3.05, 3.63) is 83.9 Å². The molecule has 0 saturated heterocycles. The molecule has 2 aromatic rings. The number of amides is 1. The summed E-state index contributed by atoms with van der Waals surface area (Å²) in [5.74, 6) is 0.0549. The molecule has 3 heteroatoms. The Kier molecular flexibility index (Phi) is 4.89. The molecule has 0 bridgehead atoms. The molecule has 3 rings (SSSR count). The van der Waals surface area contributed by atoms with Gasteiger partial charge in [-0.25, -0.2) is 0 Å². The molecule has 1 aliphatic rings. The zero-order chi connectivity index (χ0) is 16.1. The third kappa shape index (κ3) is 4.08. The van der Waals surface area contributed by atoms with E-state index < -0.39 is 0 Å². The van der Waals surface area contributed by atoms with Crippen LogP contribution in [0.5, 0.6) is 0 Å². The van der Waals surface area contributed by atoms with E-state index in [1.54, 1.807) is 0 Å². The third-order valence-corrected chi connectivity index (χ3v) is 4.18. The zero-order valence-corrected chi connectivity index (χ0v) is 13.1. The van der Waals surface area contributed by atoms with Gasteiger partial charge < -0.3 is 10.6 Å². The quantitative estimate of drug-likeness (QED) is 0.863. The van der Waals surface area contributed by atoms with Crippen LogP contribution < -0.4 is 5.73 Å². The Bertz CT molecular complexity index is 625. The van der Waals surface area contributed by atoms with Crippen LogP contribution in [-0.2, 0) is 17.9 Å². The van der Waals surface area contributed by atoms with Crippen molar-refractivity contribution in [3.8, 4) is 0 Å². The van der Waals surface area contributed by atoms with Crippen molar-refractivity contribution in [2.24, 2.45) is 11.7 Å². The second-order valence-corrected chi connectivity index (χ2v) is 6.06. The molecule has 2 unspecified atom stereocenters. The number of hydrogen-bond acceptors (Lipinski definition) is 2. The van der Waals surface area contributed by atoms with Gasteiger partial charge in [0.05, 0.1) is 5.92 Å². The predicted octanol–water partition coefficient (Wildman–Crippen LogP) is 3.12. The van der Waals surface area contributed by atoms with Gasteiger partial charge in [-0.1, -0.05) is 72.8 Å². The number of nitrogens with zero attached hydrogens (tertiary/aromatic N) is 1. The average molecular weight is 306 g/mol. The van der Waals surface area contributed by atoms with Gasteiger partial charge in [0.15, 0.2) is 0 Å². The molecule has 0 aliphatic heterocycles. The highest BCUT2D eigenvalue weighted by atomic mass is 16.2. The maximum Gasteiger partial charge on any atom is 0.230 e. The molecule has 23 heavy (non-hydrogen) atoms. The van der Waals surface area contributed by atoms with Crippen molar-refractivity contribution < 1.29 is 4.79 Å². The summed E-state index contributed by atoms with van der Waals surface area (Å²) in [5, 5.41) is 0. The Morgan fingerprint density at radius 1 is 0.913 bits per heavy atom. The second-order valence-electron chi connectivity index (χ2n) is 6.06. The first-order chi connectivity index (χ1) is 11.2. The number of rotatable bonds is 5. The van der Waals surface area contributed by atoms with Crippen LogP contribution in [0, 0.1) is 5.92 Å². The molecule has 0 heterocycles. The van der Waals surface area contributed by atoms with E-state index in [9.17, 15) is 4.79 Å². The third-order valence-electron chi connectivity index (χ3n) is 4.18. The highest BCUT2D eigenvalue weighted by molar-refractivity contribution is 5.81. The summed E-state index contributed by atoms with van der Waals surface area (Å²) in [4.78, 5) is 14.8. The van der Waals surface area contributed by atoms with Crippen LogP contribution in [0.2, 0.25) is 0 Å². The minimum Gasteiger partial charge on any atom is -0.334 e. The van der Waals surface area contributed by atoms with Crippen molar-refractivity contribution >= 4 is 5.91 Å². The van der Waals surface area contributed by atoms with Crippen LogP contribution in [0.15, 0.2) is 72.8 Å². The molecule has 0 spiro atoms. The van der Waals surface area contributed by atoms with Crippen molar-refractivity contribution in [2.75, 3.05) is 0 Å². The highest BCUT2D eigenvalue weighted by Crippen LogP contribution is 2.21. The molecular formula is C20H22N2O. The van der Waals surface area contributed by atoms with E-state index in [2.05, 4.69) is 24.3 Å². The van der Waals surface area contributed by atoms with Gasteiger partial charge in [-0.3, -0.25) is 4.79 Å². The van der Waals surface area contributed by atoms with Crippen molar-refractivity contribution in [1.29, 1.82) is 0 Å². The number of nitrogens with two attached hydrogens (primary N) is 1. The van der Waals surface area contributed by atoms with Crippen LogP contribution in [-0.4, -0.2) is 16.8 Å². The molecule has 1 aliphatic carbocycles. The fourth-order valence-electron chi connectivity index (χ4n) is 2.96. The molecule has 2 atom stereocenters. The van der Waals surface area contributed by atoms with Gasteiger partial charge in [-0.05, 0) is 17.5 Å². The summed E-state index contributed by atoms with van der Waals surface area (Å²) in [6, 6.07) is 20.2. The SMILES string of the molecule is NC1C=CC(C(=O)N(Cc2ccccc2)Cc2ccccc2)C1. The fraction of sp³-hybridized carbons (Fsp3) is 0.250. The molecule has 0 fully saturated rings. The number of benzene rings is 2. The van der Waals surface area contributed by atoms with Gasteiger partial charge >= 0.3 is 0 Å². The van der Waals surface area contributed by atoms with Crippen LogP contribution in [0.1, 0.15) is 17.5 Å². The smallest absolute Gasteiger partial charge is 0.230 e. The zero-order valence-electron chi connectivity index (χ0n) is 13.1. The van der Waals surface area contributed by atoms with Crippen LogP contribution in [0.4, 0.5) is 0 Å². The summed E-state index contributed by atoms with van der Waals surface area (Å²) in [6.45, 7) is 1.24. The van der Waals surface area contributed by atoms with E-state index in [4.69, 9.17) is 5.73 Å². The van der Waals surface area contributed by atoms with Gasteiger partial charge in [0.2, 0.25) is 5.91 Å². The van der Waals surface area contributed by atoms with Crippen molar-refractivity contribution in [3.63, 3.8) is 0 Å². The van der Waals surface area contributed by atoms with E-state index in [0.717, 1.165) is 11.1 Å². The first-order valence-electron chi connectivity index (χ1n) is 8.03. The monoisotopic (exact) mass is 306 g/mol. The summed E-state index contributed by atoms with van der Waals surface area (Å²) < 4.78 is 0. The maximum absolute atomic E-state index is 12.9. The lowest BCUT2D eigenvalue weighted by Crippen LogP contribution is -2.35. The fourth-order valence-corrected chi connectivity index (χ4v) is 2.96.